The van der Waals surface area contributed by atoms with Gasteiger partial charge < -0.3 is 4.90 Å². The van der Waals surface area contributed by atoms with Gasteiger partial charge in [-0.15, -0.1) is 0 Å². The maximum absolute atomic E-state index is 13.1. The van der Waals surface area contributed by atoms with E-state index in [4.69, 9.17) is 0 Å². The van der Waals surface area contributed by atoms with Crippen molar-refractivity contribution in [2.75, 3.05) is 0 Å². The van der Waals surface area contributed by atoms with Gasteiger partial charge in [-0.2, -0.15) is 26.3 Å². The molecule has 0 spiro atoms. The van der Waals surface area contributed by atoms with Gasteiger partial charge in [0.05, 0.1) is 18.4 Å². The second kappa shape index (κ2) is 6.36. The first-order valence-corrected chi connectivity index (χ1v) is 10.0. The Morgan fingerprint density at radius 3 is 2.23 bits per heavy atom. The smallest absolute Gasteiger partial charge is 0.254 e. The lowest BCUT2D eigenvalue weighted by molar-refractivity contribution is 0.0512. The zero-order valence-electron chi connectivity index (χ0n) is 14.4. The molecule has 2 aliphatic heterocycles. The van der Waals surface area contributed by atoms with Crippen LogP contribution in [0.25, 0.3) is 11.1 Å². The van der Waals surface area contributed by atoms with Gasteiger partial charge in [-0.25, -0.2) is 0 Å². The summed E-state index contributed by atoms with van der Waals surface area (Å²) in [4.78, 5) is 17.1. The minimum atomic E-state index is 0.168. The largest absolute Gasteiger partial charge is 0.333 e. The predicted molar refractivity (Wildman–Crippen MR) is 101 cm³/mol. The molecule has 4 heterocycles. The van der Waals surface area contributed by atoms with Gasteiger partial charge in [0.1, 0.15) is 0 Å². The third kappa shape index (κ3) is 2.65. The van der Waals surface area contributed by atoms with Gasteiger partial charge in [-0.1, -0.05) is 12.1 Å². The number of aromatic nitrogens is 3. The number of nitrogens with zero attached hydrogens (tertiary/aromatic N) is 4. The summed E-state index contributed by atoms with van der Waals surface area (Å²) in [5.41, 5.74) is 3.16. The maximum atomic E-state index is 13.1. The molecule has 0 N–H and O–H groups in total. The molecule has 132 valence electrons. The van der Waals surface area contributed by atoms with Gasteiger partial charge in [0.25, 0.3) is 5.91 Å². The van der Waals surface area contributed by atoms with E-state index in [2.05, 4.69) is 44.1 Å². The van der Waals surface area contributed by atoms with E-state index in [1.807, 2.05) is 16.9 Å². The number of carbonyl (C=O) groups is 1. The summed E-state index contributed by atoms with van der Waals surface area (Å²) in [6, 6.07) is 11.1. The molecule has 2 saturated heterocycles. The molecule has 1 amide bonds. The molecule has 0 aliphatic carbocycles. The van der Waals surface area contributed by atoms with Gasteiger partial charge in [0.15, 0.2) is 0 Å². The first kappa shape index (κ1) is 15.8. The van der Waals surface area contributed by atoms with Gasteiger partial charge in [-0.05, 0) is 65.8 Å². The third-order valence-corrected chi connectivity index (χ3v) is 6.38. The molecule has 2 fully saturated rings. The van der Waals surface area contributed by atoms with Crippen LogP contribution >= 0.6 is 11.3 Å². The van der Waals surface area contributed by atoms with Crippen LogP contribution in [0.3, 0.4) is 0 Å². The summed E-state index contributed by atoms with van der Waals surface area (Å²) in [5, 5.41) is 12.8. The van der Waals surface area contributed by atoms with Crippen LogP contribution in [0.4, 0.5) is 0 Å². The number of thiophene rings is 1. The van der Waals surface area contributed by atoms with Crippen LogP contribution in [0.5, 0.6) is 0 Å². The first-order chi connectivity index (χ1) is 12.8. The highest BCUT2D eigenvalue weighted by Crippen LogP contribution is 2.41. The Morgan fingerprint density at radius 2 is 1.62 bits per heavy atom. The number of carbonyl (C=O) groups excluding carboxylic acids is 1. The van der Waals surface area contributed by atoms with Crippen molar-refractivity contribution < 1.29 is 4.79 Å². The number of hydrogen-bond acceptors (Lipinski definition) is 4. The van der Waals surface area contributed by atoms with Gasteiger partial charge >= 0.3 is 0 Å². The molecule has 0 radical (unpaired) electrons. The highest BCUT2D eigenvalue weighted by molar-refractivity contribution is 7.08. The molecule has 5 rings (SSSR count). The Morgan fingerprint density at radius 1 is 0.923 bits per heavy atom. The number of piperidine rings is 1. The van der Waals surface area contributed by atoms with Crippen molar-refractivity contribution in [2.45, 2.75) is 43.8 Å². The first-order valence-electron chi connectivity index (χ1n) is 9.11. The van der Waals surface area contributed by atoms with E-state index >= 15 is 0 Å². The van der Waals surface area contributed by atoms with Crippen LogP contribution in [0.2, 0.25) is 0 Å². The molecule has 2 bridgehead atoms. The second-order valence-corrected chi connectivity index (χ2v) is 7.94. The number of fused-ring (bicyclic) bond motifs is 2. The van der Waals surface area contributed by atoms with E-state index in [1.54, 1.807) is 23.7 Å². The number of benzene rings is 1. The fourth-order valence-corrected chi connectivity index (χ4v) is 5.13. The Hall–Kier alpha value is -2.47. The van der Waals surface area contributed by atoms with Crippen molar-refractivity contribution in [3.8, 4) is 11.1 Å². The summed E-state index contributed by atoms with van der Waals surface area (Å²) in [6.45, 7) is 0. The molecule has 5 nitrogen and oxygen atoms in total. The van der Waals surface area contributed by atoms with Crippen LogP contribution in [-0.2, 0) is 0 Å². The number of rotatable bonds is 3. The molecule has 26 heavy (non-hydrogen) atoms. The quantitative estimate of drug-likeness (QED) is 0.705. The van der Waals surface area contributed by atoms with Crippen molar-refractivity contribution in [3.05, 3.63) is 59.0 Å². The highest BCUT2D eigenvalue weighted by atomic mass is 32.1. The molecular formula is C20H20N4OS. The van der Waals surface area contributed by atoms with E-state index < -0.39 is 0 Å². The Kier molecular flexibility index (Phi) is 3.85. The van der Waals surface area contributed by atoms with Crippen LogP contribution in [0.1, 0.15) is 42.1 Å². The van der Waals surface area contributed by atoms with E-state index in [0.717, 1.165) is 36.8 Å². The van der Waals surface area contributed by atoms with E-state index in [9.17, 15) is 4.79 Å². The monoisotopic (exact) mass is 364 g/mol. The molecule has 2 atom stereocenters. The molecule has 3 aromatic rings. The van der Waals surface area contributed by atoms with Crippen LogP contribution in [0, 0.1) is 0 Å². The van der Waals surface area contributed by atoms with Crippen molar-refractivity contribution in [2.24, 2.45) is 0 Å². The zero-order chi connectivity index (χ0) is 17.5. The maximum Gasteiger partial charge on any atom is 0.254 e. The summed E-state index contributed by atoms with van der Waals surface area (Å²) < 4.78 is 0. The standard InChI is InChI=1S/C20H20N4OS/c25-20(15-3-1-14(2-4-15)16-7-10-26-13-16)23-17-5-6-18(23)12-19(11-17)24-21-8-9-22-24/h1-4,7-10,13,17-19H,5-6,11-12H2. The molecule has 2 unspecified atom stereocenters. The lowest BCUT2D eigenvalue weighted by Gasteiger charge is -2.38. The van der Waals surface area contributed by atoms with Crippen molar-refractivity contribution >= 4 is 17.2 Å². The molecule has 2 aromatic heterocycles. The highest BCUT2D eigenvalue weighted by Gasteiger charge is 2.44. The topological polar surface area (TPSA) is 51.0 Å². The Bertz CT molecular complexity index is 875. The minimum Gasteiger partial charge on any atom is -0.333 e. The average molecular weight is 364 g/mol. The van der Waals surface area contributed by atoms with Gasteiger partial charge in [0, 0.05) is 17.6 Å². The summed E-state index contributed by atoms with van der Waals surface area (Å²) >= 11 is 1.69. The van der Waals surface area contributed by atoms with Crippen molar-refractivity contribution in [3.63, 3.8) is 0 Å². The third-order valence-electron chi connectivity index (χ3n) is 5.69. The Labute approximate surface area is 156 Å². The SMILES string of the molecule is O=C(c1ccc(-c2ccsc2)cc1)N1C2CCC1CC(n1nccn1)C2. The minimum absolute atomic E-state index is 0.168. The normalized spacial score (nSPS) is 24.8. The van der Waals surface area contributed by atoms with E-state index in [1.165, 1.54) is 5.56 Å². The summed E-state index contributed by atoms with van der Waals surface area (Å²) in [6.07, 6.45) is 7.53. The summed E-state index contributed by atoms with van der Waals surface area (Å²) in [7, 11) is 0. The van der Waals surface area contributed by atoms with Crippen molar-refractivity contribution in [1.82, 2.24) is 19.9 Å². The number of hydrogen-bond donors (Lipinski definition) is 0. The average Bonchev–Trinajstić information content (AvgIpc) is 3.42. The Balaban J connectivity index is 1.35. The lowest BCUT2D eigenvalue weighted by Crippen LogP contribution is -2.47. The fraction of sp³-hybridized carbons (Fsp3) is 0.350. The van der Waals surface area contributed by atoms with Gasteiger partial charge in [-0.3, -0.25) is 4.79 Å². The fourth-order valence-electron chi connectivity index (χ4n) is 4.47. The van der Waals surface area contributed by atoms with Crippen LogP contribution < -0.4 is 0 Å². The summed E-state index contributed by atoms with van der Waals surface area (Å²) in [5.74, 6) is 0.168. The van der Waals surface area contributed by atoms with Crippen molar-refractivity contribution in [1.29, 1.82) is 0 Å². The van der Waals surface area contributed by atoms with E-state index in [-0.39, 0.29) is 5.91 Å². The molecule has 6 heteroatoms. The zero-order valence-corrected chi connectivity index (χ0v) is 15.2. The molecular weight excluding hydrogens is 344 g/mol. The van der Waals surface area contributed by atoms with Crippen LogP contribution in [0.15, 0.2) is 53.5 Å². The van der Waals surface area contributed by atoms with Gasteiger partial charge in [0.2, 0.25) is 0 Å². The van der Waals surface area contributed by atoms with Crippen LogP contribution in [-0.4, -0.2) is 37.9 Å². The lowest BCUT2D eigenvalue weighted by atomic mass is 9.96. The second-order valence-electron chi connectivity index (χ2n) is 7.16. The van der Waals surface area contributed by atoms with E-state index in [0.29, 0.717) is 18.1 Å². The molecule has 0 saturated carbocycles. The molecule has 1 aromatic carbocycles. The predicted octanol–water partition coefficient (Wildman–Crippen LogP) is 4.01. The molecule has 2 aliphatic rings. The number of amides is 1.